The maximum Gasteiger partial charge on any atom is 0.207 e. The summed E-state index contributed by atoms with van der Waals surface area (Å²) in [6, 6.07) is 4.09. The van der Waals surface area contributed by atoms with Gasteiger partial charge < -0.3 is 10.1 Å². The predicted octanol–water partition coefficient (Wildman–Crippen LogP) is 2.72. The summed E-state index contributed by atoms with van der Waals surface area (Å²) in [5.41, 5.74) is 3.08. The molecule has 0 bridgehead atoms. The Bertz CT molecular complexity index is 551. The molecule has 0 aromatic carbocycles. The maximum atomic E-state index is 5.32. The van der Waals surface area contributed by atoms with E-state index in [2.05, 4.69) is 21.4 Å². The molecular weight excluding hydrogens is 252 g/mol. The van der Waals surface area contributed by atoms with Gasteiger partial charge in [-0.1, -0.05) is 0 Å². The molecule has 0 radical (unpaired) electrons. The van der Waals surface area contributed by atoms with Crippen LogP contribution in [-0.2, 0) is 4.74 Å². The fraction of sp³-hybridized carbons (Fsp3) is 0.467. The highest BCUT2D eigenvalue weighted by atomic mass is 16.5. The number of ether oxygens (including phenoxy) is 1. The molecule has 0 saturated heterocycles. The van der Waals surface area contributed by atoms with Crippen molar-refractivity contribution >= 4 is 5.95 Å². The van der Waals surface area contributed by atoms with Gasteiger partial charge in [-0.15, -0.1) is 0 Å². The quantitative estimate of drug-likeness (QED) is 0.789. The van der Waals surface area contributed by atoms with Crippen molar-refractivity contribution in [3.05, 3.63) is 35.9 Å². The fourth-order valence-electron chi connectivity index (χ4n) is 2.08. The summed E-state index contributed by atoms with van der Waals surface area (Å²) < 4.78 is 7.35. The van der Waals surface area contributed by atoms with E-state index in [0.717, 1.165) is 49.2 Å². The van der Waals surface area contributed by atoms with E-state index in [1.54, 1.807) is 6.20 Å². The summed E-state index contributed by atoms with van der Waals surface area (Å²) in [5, 5.41) is 3.34. The van der Waals surface area contributed by atoms with Crippen LogP contribution in [0.25, 0.3) is 5.69 Å². The van der Waals surface area contributed by atoms with Gasteiger partial charge in [0, 0.05) is 37.8 Å². The van der Waals surface area contributed by atoms with Gasteiger partial charge in [0.05, 0.1) is 11.4 Å². The summed E-state index contributed by atoms with van der Waals surface area (Å²) in [6.45, 7) is 8.40. The van der Waals surface area contributed by atoms with Crippen molar-refractivity contribution < 1.29 is 4.74 Å². The molecule has 2 heterocycles. The van der Waals surface area contributed by atoms with Crippen molar-refractivity contribution in [2.75, 3.05) is 25.1 Å². The molecule has 0 amide bonds. The van der Waals surface area contributed by atoms with Crippen LogP contribution in [-0.4, -0.2) is 34.3 Å². The second-order valence-electron chi connectivity index (χ2n) is 4.66. The van der Waals surface area contributed by atoms with E-state index in [0.29, 0.717) is 0 Å². The summed E-state index contributed by atoms with van der Waals surface area (Å²) >= 11 is 0. The van der Waals surface area contributed by atoms with Crippen molar-refractivity contribution in [3.63, 3.8) is 0 Å². The van der Waals surface area contributed by atoms with Gasteiger partial charge in [-0.25, -0.2) is 4.98 Å². The van der Waals surface area contributed by atoms with E-state index in [1.165, 1.54) is 0 Å². The van der Waals surface area contributed by atoms with Crippen LogP contribution in [0.5, 0.6) is 0 Å². The second kappa shape index (κ2) is 7.05. The van der Waals surface area contributed by atoms with Crippen molar-refractivity contribution in [1.82, 2.24) is 14.5 Å². The number of anilines is 1. The topological polar surface area (TPSA) is 52.0 Å². The summed E-state index contributed by atoms with van der Waals surface area (Å²) in [4.78, 5) is 8.85. The summed E-state index contributed by atoms with van der Waals surface area (Å²) in [5.74, 6) is 0.843. The Morgan fingerprint density at radius 1 is 1.30 bits per heavy atom. The van der Waals surface area contributed by atoms with Gasteiger partial charge >= 0.3 is 0 Å². The van der Waals surface area contributed by atoms with Crippen molar-refractivity contribution in [2.45, 2.75) is 27.2 Å². The average Bonchev–Trinajstić information content (AvgIpc) is 2.87. The van der Waals surface area contributed by atoms with Gasteiger partial charge in [0.15, 0.2) is 0 Å². The first-order chi connectivity index (χ1) is 9.72. The third-order valence-corrected chi connectivity index (χ3v) is 3.05. The molecule has 0 fully saturated rings. The number of aromatic nitrogens is 3. The van der Waals surface area contributed by atoms with Crippen LogP contribution < -0.4 is 5.32 Å². The first kappa shape index (κ1) is 14.5. The largest absolute Gasteiger partial charge is 0.382 e. The number of hydrogen-bond acceptors (Lipinski definition) is 4. The Kier molecular flexibility index (Phi) is 5.12. The number of nitrogens with zero attached hydrogens (tertiary/aromatic N) is 3. The molecule has 5 heteroatoms. The monoisotopic (exact) mass is 274 g/mol. The average molecular weight is 274 g/mol. The number of pyridine rings is 1. The van der Waals surface area contributed by atoms with E-state index in [9.17, 15) is 0 Å². The lowest BCUT2D eigenvalue weighted by molar-refractivity contribution is 0.147. The molecule has 5 nitrogen and oxygen atoms in total. The standard InChI is InChI=1S/C15H22N4O/c1-4-20-11-5-8-16-15-17-9-10-19(15)14-7-6-12(2)18-13(14)3/h6-7,9-10H,4-5,8,11H2,1-3H3,(H,16,17). The Labute approximate surface area is 120 Å². The van der Waals surface area contributed by atoms with Crippen LogP contribution >= 0.6 is 0 Å². The molecule has 0 aliphatic rings. The number of hydrogen-bond donors (Lipinski definition) is 1. The highest BCUT2D eigenvalue weighted by molar-refractivity contribution is 5.44. The first-order valence-corrected chi connectivity index (χ1v) is 7.02. The Hall–Kier alpha value is -1.88. The number of rotatable bonds is 7. The third-order valence-electron chi connectivity index (χ3n) is 3.05. The number of nitrogens with one attached hydrogen (secondary N) is 1. The van der Waals surface area contributed by atoms with Crippen LogP contribution in [0, 0.1) is 13.8 Å². The summed E-state index contributed by atoms with van der Waals surface area (Å²) in [7, 11) is 0. The van der Waals surface area contributed by atoms with E-state index in [4.69, 9.17) is 4.74 Å². The smallest absolute Gasteiger partial charge is 0.207 e. The molecule has 2 aromatic heterocycles. The zero-order valence-electron chi connectivity index (χ0n) is 12.4. The number of imidazole rings is 1. The lowest BCUT2D eigenvalue weighted by atomic mass is 10.2. The normalized spacial score (nSPS) is 10.8. The Morgan fingerprint density at radius 3 is 2.90 bits per heavy atom. The van der Waals surface area contributed by atoms with Gasteiger partial charge in [-0.2, -0.15) is 0 Å². The zero-order valence-corrected chi connectivity index (χ0v) is 12.4. The van der Waals surface area contributed by atoms with Crippen LogP contribution in [0.1, 0.15) is 24.7 Å². The third kappa shape index (κ3) is 3.57. The van der Waals surface area contributed by atoms with Crippen molar-refractivity contribution in [1.29, 1.82) is 0 Å². The maximum absolute atomic E-state index is 5.32. The number of aryl methyl sites for hydroxylation is 2. The molecule has 2 aromatic rings. The lowest BCUT2D eigenvalue weighted by Gasteiger charge is -2.12. The lowest BCUT2D eigenvalue weighted by Crippen LogP contribution is -2.10. The van der Waals surface area contributed by atoms with Crippen molar-refractivity contribution in [3.8, 4) is 5.69 Å². The molecule has 0 atom stereocenters. The molecule has 0 saturated carbocycles. The predicted molar refractivity (Wildman–Crippen MR) is 80.4 cm³/mol. The minimum Gasteiger partial charge on any atom is -0.382 e. The molecule has 0 aliphatic heterocycles. The Balaban J connectivity index is 2.04. The molecule has 0 aliphatic carbocycles. The van der Waals surface area contributed by atoms with Crippen LogP contribution in [0.4, 0.5) is 5.95 Å². The molecule has 0 spiro atoms. The molecule has 1 N–H and O–H groups in total. The van der Waals surface area contributed by atoms with Gasteiger partial charge in [-0.05, 0) is 39.3 Å². The Morgan fingerprint density at radius 2 is 2.15 bits per heavy atom. The molecule has 20 heavy (non-hydrogen) atoms. The highest BCUT2D eigenvalue weighted by Crippen LogP contribution is 2.17. The molecule has 2 rings (SSSR count). The van der Waals surface area contributed by atoms with Gasteiger partial charge in [0.2, 0.25) is 5.95 Å². The fourth-order valence-corrected chi connectivity index (χ4v) is 2.08. The highest BCUT2D eigenvalue weighted by Gasteiger charge is 2.07. The molecule has 0 unspecified atom stereocenters. The van der Waals surface area contributed by atoms with Gasteiger partial charge in [0.1, 0.15) is 0 Å². The van der Waals surface area contributed by atoms with Gasteiger partial charge in [0.25, 0.3) is 0 Å². The first-order valence-electron chi connectivity index (χ1n) is 7.02. The van der Waals surface area contributed by atoms with Crippen LogP contribution in [0.2, 0.25) is 0 Å². The molecular formula is C15H22N4O. The van der Waals surface area contributed by atoms with E-state index < -0.39 is 0 Å². The summed E-state index contributed by atoms with van der Waals surface area (Å²) in [6.07, 6.45) is 4.71. The minimum absolute atomic E-state index is 0.767. The van der Waals surface area contributed by atoms with E-state index in [1.807, 2.05) is 37.6 Å². The van der Waals surface area contributed by atoms with Crippen LogP contribution in [0.15, 0.2) is 24.5 Å². The SMILES string of the molecule is CCOCCCNc1nccn1-c1ccc(C)nc1C. The minimum atomic E-state index is 0.767. The second-order valence-corrected chi connectivity index (χ2v) is 4.66. The van der Waals surface area contributed by atoms with Gasteiger partial charge in [-0.3, -0.25) is 9.55 Å². The van der Waals surface area contributed by atoms with Crippen molar-refractivity contribution in [2.24, 2.45) is 0 Å². The molecule has 108 valence electrons. The van der Waals surface area contributed by atoms with Crippen LogP contribution in [0.3, 0.4) is 0 Å². The van der Waals surface area contributed by atoms with E-state index in [-0.39, 0.29) is 0 Å². The zero-order chi connectivity index (χ0) is 14.4. The van der Waals surface area contributed by atoms with E-state index >= 15 is 0 Å².